The van der Waals surface area contributed by atoms with Crippen LogP contribution in [0, 0.1) is 5.41 Å². The molecule has 0 saturated heterocycles. The molecule has 0 aromatic heterocycles. The first-order valence-corrected chi connectivity index (χ1v) is 11.3. The van der Waals surface area contributed by atoms with Gasteiger partial charge in [-0.15, -0.1) is 0 Å². The van der Waals surface area contributed by atoms with Crippen molar-refractivity contribution in [3.63, 3.8) is 0 Å². The topological polar surface area (TPSA) is 21.6 Å². The Balaban J connectivity index is 0.00000240. The summed E-state index contributed by atoms with van der Waals surface area (Å²) >= 11 is 0. The van der Waals surface area contributed by atoms with E-state index in [2.05, 4.69) is 106 Å². The molecule has 4 heteroatoms. The molecule has 0 spiro atoms. The molecule has 1 heterocycles. The average molecular weight is 495 g/mol. The van der Waals surface area contributed by atoms with Crippen LogP contribution in [0.2, 0.25) is 0 Å². The van der Waals surface area contributed by atoms with Crippen molar-refractivity contribution in [2.45, 2.75) is 26.8 Å². The van der Waals surface area contributed by atoms with E-state index in [9.17, 15) is 0 Å². The molecule has 2 nitrogen and oxygen atoms in total. The molecule has 0 saturated carbocycles. The second-order valence-electron chi connectivity index (χ2n) is 8.28. The number of hydrogen-bond donors (Lipinski definition) is 0. The summed E-state index contributed by atoms with van der Waals surface area (Å²) in [6, 6.07) is 30.5. The maximum Gasteiger partial charge on any atom is 0.220 e. The molecule has 4 rings (SSSR count). The standard InChI is InChI=1S/C25H26NOP.Pd/c1-25(2,3)23-18-27-24(26-23)21-16-10-11-17-22(21)28(19-12-6-4-7-13-19)20-14-8-5-9-15-20;/h4-17,23H,18H2,1-3H3;/p+1/t23-;/m1./s1. The van der Waals surface area contributed by atoms with Crippen LogP contribution in [-0.2, 0) is 25.2 Å². The number of ether oxygens (including phenoxy) is 1. The van der Waals surface area contributed by atoms with Crippen LogP contribution in [0.5, 0.6) is 0 Å². The summed E-state index contributed by atoms with van der Waals surface area (Å²) in [6.07, 6.45) is 0. The molecule has 0 N–H and O–H groups in total. The molecule has 1 aliphatic rings. The molecule has 29 heavy (non-hydrogen) atoms. The summed E-state index contributed by atoms with van der Waals surface area (Å²) in [6.45, 7) is 7.33. The van der Waals surface area contributed by atoms with E-state index in [0.29, 0.717) is 6.61 Å². The Hall–Kier alpha value is -1.78. The molecule has 1 atom stereocenters. The van der Waals surface area contributed by atoms with E-state index in [-0.39, 0.29) is 31.9 Å². The van der Waals surface area contributed by atoms with Crippen LogP contribution in [0.1, 0.15) is 26.3 Å². The van der Waals surface area contributed by atoms with Gasteiger partial charge in [0.25, 0.3) is 0 Å². The van der Waals surface area contributed by atoms with E-state index >= 15 is 0 Å². The average Bonchev–Trinajstić information content (AvgIpc) is 3.21. The molecule has 0 bridgehead atoms. The summed E-state index contributed by atoms with van der Waals surface area (Å²) in [4.78, 5) is 4.97. The van der Waals surface area contributed by atoms with Crippen molar-refractivity contribution in [2.24, 2.45) is 10.4 Å². The fourth-order valence-electron chi connectivity index (χ4n) is 3.54. The third-order valence-electron chi connectivity index (χ3n) is 5.20. The van der Waals surface area contributed by atoms with Crippen LogP contribution in [0.15, 0.2) is 89.9 Å². The number of benzene rings is 3. The second-order valence-corrected chi connectivity index (χ2v) is 10.7. The van der Waals surface area contributed by atoms with Gasteiger partial charge < -0.3 is 4.74 Å². The normalized spacial score (nSPS) is 16.1. The molecule has 3 aromatic carbocycles. The largest absolute Gasteiger partial charge is 0.475 e. The molecule has 0 amide bonds. The zero-order valence-electron chi connectivity index (χ0n) is 17.0. The molecular weight excluding hydrogens is 468 g/mol. The maximum absolute atomic E-state index is 6.11. The maximum atomic E-state index is 6.11. The van der Waals surface area contributed by atoms with Crippen molar-refractivity contribution in [3.8, 4) is 0 Å². The first kappa shape index (κ1) is 21.9. The quantitative estimate of drug-likeness (QED) is 0.390. The van der Waals surface area contributed by atoms with Gasteiger partial charge in [0.15, 0.2) is 0 Å². The van der Waals surface area contributed by atoms with Gasteiger partial charge >= 0.3 is 0 Å². The van der Waals surface area contributed by atoms with E-state index in [0.717, 1.165) is 11.5 Å². The van der Waals surface area contributed by atoms with Crippen molar-refractivity contribution >= 4 is 29.7 Å². The monoisotopic (exact) mass is 494 g/mol. The number of aliphatic imine (C=N–C) groups is 1. The smallest absolute Gasteiger partial charge is 0.220 e. The van der Waals surface area contributed by atoms with Crippen molar-refractivity contribution in [2.75, 3.05) is 6.61 Å². The molecule has 3 aromatic rings. The fourth-order valence-corrected chi connectivity index (χ4v) is 6.27. The van der Waals surface area contributed by atoms with Gasteiger partial charge in [0.1, 0.15) is 22.5 Å². The van der Waals surface area contributed by atoms with E-state index in [1.165, 1.54) is 15.9 Å². The van der Waals surface area contributed by atoms with Gasteiger partial charge in [0.05, 0.1) is 19.5 Å². The molecule has 0 radical (unpaired) electrons. The van der Waals surface area contributed by atoms with Crippen LogP contribution < -0.4 is 15.9 Å². The summed E-state index contributed by atoms with van der Waals surface area (Å²) in [5.41, 5.74) is 1.24. The van der Waals surface area contributed by atoms with E-state index < -0.39 is 7.92 Å². The minimum Gasteiger partial charge on any atom is -0.475 e. The van der Waals surface area contributed by atoms with Crippen LogP contribution in [-0.4, -0.2) is 18.5 Å². The summed E-state index contributed by atoms with van der Waals surface area (Å²) in [7, 11) is -1.16. The van der Waals surface area contributed by atoms with E-state index in [1.807, 2.05) is 0 Å². The Labute approximate surface area is 188 Å². The fraction of sp³-hybridized carbons (Fsp3) is 0.240. The number of hydrogen-bond acceptors (Lipinski definition) is 2. The van der Waals surface area contributed by atoms with E-state index in [4.69, 9.17) is 9.73 Å². The van der Waals surface area contributed by atoms with Gasteiger partial charge in [-0.25, -0.2) is 4.99 Å². The molecule has 0 unspecified atom stereocenters. The predicted molar refractivity (Wildman–Crippen MR) is 122 cm³/mol. The molecular formula is C25H27NOPPd+. The van der Waals surface area contributed by atoms with Crippen LogP contribution in [0.4, 0.5) is 0 Å². The molecule has 0 fully saturated rings. The third-order valence-corrected chi connectivity index (χ3v) is 8.00. The van der Waals surface area contributed by atoms with Gasteiger partial charge in [-0.3, -0.25) is 0 Å². The van der Waals surface area contributed by atoms with Gasteiger partial charge in [-0.2, -0.15) is 0 Å². The van der Waals surface area contributed by atoms with Crippen molar-refractivity contribution in [1.29, 1.82) is 0 Å². The SMILES string of the molecule is CC(C)(C)[C@H]1COC(c2ccccc2[PH+](c2ccccc2)c2ccccc2)=N1.[Pd]. The van der Waals surface area contributed by atoms with Crippen molar-refractivity contribution in [3.05, 3.63) is 90.5 Å². The number of nitrogens with zero attached hydrogens (tertiary/aromatic N) is 1. The minimum atomic E-state index is -1.16. The van der Waals surface area contributed by atoms with Crippen LogP contribution >= 0.6 is 7.92 Å². The van der Waals surface area contributed by atoms with E-state index in [1.54, 1.807) is 0 Å². The number of rotatable bonds is 4. The zero-order valence-corrected chi connectivity index (χ0v) is 19.6. The van der Waals surface area contributed by atoms with Gasteiger partial charge in [-0.05, 0) is 41.8 Å². The Kier molecular flexibility index (Phi) is 7.07. The van der Waals surface area contributed by atoms with Crippen LogP contribution in [0.25, 0.3) is 0 Å². The van der Waals surface area contributed by atoms with Gasteiger partial charge in [0.2, 0.25) is 5.90 Å². The van der Waals surface area contributed by atoms with Gasteiger partial charge in [0, 0.05) is 20.4 Å². The summed E-state index contributed by atoms with van der Waals surface area (Å²) < 4.78 is 6.11. The second kappa shape index (κ2) is 9.36. The van der Waals surface area contributed by atoms with Crippen molar-refractivity contribution < 1.29 is 25.2 Å². The summed E-state index contributed by atoms with van der Waals surface area (Å²) in [5, 5.41) is 4.08. The Morgan fingerprint density at radius 3 is 1.83 bits per heavy atom. The first-order valence-electron chi connectivity index (χ1n) is 9.82. The van der Waals surface area contributed by atoms with Crippen molar-refractivity contribution in [1.82, 2.24) is 0 Å². The molecule has 152 valence electrons. The molecule has 0 aliphatic carbocycles. The van der Waals surface area contributed by atoms with Gasteiger partial charge in [-0.1, -0.05) is 69.3 Å². The Morgan fingerprint density at radius 1 is 0.793 bits per heavy atom. The zero-order chi connectivity index (χ0) is 19.6. The molecule has 1 aliphatic heterocycles. The third kappa shape index (κ3) is 4.87. The summed E-state index contributed by atoms with van der Waals surface area (Å²) in [5.74, 6) is 0.796. The predicted octanol–water partition coefficient (Wildman–Crippen LogP) is 4.37. The Bertz CT molecular complexity index is 927. The van der Waals surface area contributed by atoms with Crippen LogP contribution in [0.3, 0.4) is 0 Å². The minimum absolute atomic E-state index is 0. The first-order chi connectivity index (χ1) is 13.5. The Morgan fingerprint density at radius 2 is 1.31 bits per heavy atom.